The van der Waals surface area contributed by atoms with E-state index in [2.05, 4.69) is 17.0 Å². The Morgan fingerprint density at radius 2 is 2.21 bits per heavy atom. The van der Waals surface area contributed by atoms with Crippen molar-refractivity contribution in [2.24, 2.45) is 5.92 Å². The summed E-state index contributed by atoms with van der Waals surface area (Å²) in [6.45, 7) is 3.50. The molecule has 1 aliphatic heterocycles. The van der Waals surface area contributed by atoms with Crippen LogP contribution in [0.3, 0.4) is 0 Å². The number of allylic oxidation sites excluding steroid dienone is 4. The highest BCUT2D eigenvalue weighted by atomic mass is 35.5. The fourth-order valence-electron chi connectivity index (χ4n) is 3.47. The SMILES string of the molecule is CCCC1CC(=O)N(Cc2c(C3=CC=C3)nc3ccc(Cl)nn23)C1. The van der Waals surface area contributed by atoms with Crippen LogP contribution in [0.25, 0.3) is 11.2 Å². The lowest BCUT2D eigenvalue weighted by atomic mass is 10.0. The van der Waals surface area contributed by atoms with Gasteiger partial charge in [0.1, 0.15) is 5.15 Å². The number of carbonyl (C=O) groups is 1. The molecule has 0 saturated carbocycles. The highest BCUT2D eigenvalue weighted by Gasteiger charge is 2.31. The molecule has 0 bridgehead atoms. The summed E-state index contributed by atoms with van der Waals surface area (Å²) in [7, 11) is 0. The summed E-state index contributed by atoms with van der Waals surface area (Å²) in [6.07, 6.45) is 8.90. The number of nitrogens with zero attached hydrogens (tertiary/aromatic N) is 4. The van der Waals surface area contributed by atoms with E-state index in [0.29, 0.717) is 24.0 Å². The molecule has 2 aromatic heterocycles. The monoisotopic (exact) mass is 342 g/mol. The molecule has 0 aromatic carbocycles. The Morgan fingerprint density at radius 3 is 2.92 bits per heavy atom. The summed E-state index contributed by atoms with van der Waals surface area (Å²) in [4.78, 5) is 19.0. The van der Waals surface area contributed by atoms with E-state index in [1.807, 2.05) is 29.2 Å². The van der Waals surface area contributed by atoms with Crippen LogP contribution in [-0.4, -0.2) is 31.9 Å². The van der Waals surface area contributed by atoms with Crippen LogP contribution in [0.15, 0.2) is 30.4 Å². The van der Waals surface area contributed by atoms with Gasteiger partial charge in [0.05, 0.1) is 17.9 Å². The maximum absolute atomic E-state index is 12.4. The number of aromatic nitrogens is 3. The smallest absolute Gasteiger partial charge is 0.223 e. The van der Waals surface area contributed by atoms with Crippen molar-refractivity contribution in [3.63, 3.8) is 0 Å². The Balaban J connectivity index is 1.70. The van der Waals surface area contributed by atoms with Gasteiger partial charge in [0.25, 0.3) is 0 Å². The average molecular weight is 343 g/mol. The second-order valence-electron chi connectivity index (χ2n) is 6.45. The number of imidazole rings is 1. The van der Waals surface area contributed by atoms with Gasteiger partial charge in [-0.05, 0) is 24.5 Å². The molecule has 1 amide bonds. The molecule has 0 spiro atoms. The molecule has 1 saturated heterocycles. The molecule has 0 N–H and O–H groups in total. The number of hydrogen-bond acceptors (Lipinski definition) is 3. The van der Waals surface area contributed by atoms with Crippen molar-refractivity contribution in [2.45, 2.75) is 32.7 Å². The van der Waals surface area contributed by atoms with Gasteiger partial charge in [-0.3, -0.25) is 4.79 Å². The Labute approximate surface area is 145 Å². The minimum Gasteiger partial charge on any atom is -0.336 e. The summed E-state index contributed by atoms with van der Waals surface area (Å²) in [6, 6.07) is 3.59. The van der Waals surface area contributed by atoms with Gasteiger partial charge in [0.15, 0.2) is 5.65 Å². The van der Waals surface area contributed by atoms with Gasteiger partial charge in [-0.25, -0.2) is 9.50 Å². The molecular weight excluding hydrogens is 324 g/mol. The lowest BCUT2D eigenvalue weighted by Crippen LogP contribution is -2.26. The molecule has 6 heteroatoms. The van der Waals surface area contributed by atoms with Crippen LogP contribution in [-0.2, 0) is 11.3 Å². The first kappa shape index (κ1) is 15.4. The van der Waals surface area contributed by atoms with Crippen molar-refractivity contribution in [1.82, 2.24) is 19.5 Å². The first-order valence-corrected chi connectivity index (χ1v) is 8.74. The Bertz CT molecular complexity index is 867. The third kappa shape index (κ3) is 2.63. The molecule has 1 unspecified atom stereocenters. The maximum atomic E-state index is 12.4. The molecule has 2 aromatic rings. The predicted molar refractivity (Wildman–Crippen MR) is 93.5 cm³/mol. The Morgan fingerprint density at radius 1 is 1.38 bits per heavy atom. The fraction of sp³-hybridized carbons (Fsp3) is 0.389. The minimum absolute atomic E-state index is 0.217. The van der Waals surface area contributed by atoms with E-state index in [4.69, 9.17) is 11.6 Å². The molecular formula is C18H19ClN4O. The van der Waals surface area contributed by atoms with Crippen molar-refractivity contribution < 1.29 is 4.79 Å². The topological polar surface area (TPSA) is 50.5 Å². The van der Waals surface area contributed by atoms with Crippen LogP contribution in [0.1, 0.15) is 37.6 Å². The second-order valence-corrected chi connectivity index (χ2v) is 6.83. The largest absolute Gasteiger partial charge is 0.336 e. The van der Waals surface area contributed by atoms with Crippen molar-refractivity contribution in [2.75, 3.05) is 6.54 Å². The molecule has 0 radical (unpaired) electrons. The average Bonchev–Trinajstić information content (AvgIpc) is 3.00. The van der Waals surface area contributed by atoms with E-state index in [-0.39, 0.29) is 5.91 Å². The van der Waals surface area contributed by atoms with Crippen LogP contribution in [0.4, 0.5) is 0 Å². The molecule has 2 aliphatic rings. The van der Waals surface area contributed by atoms with Gasteiger partial charge in [0.2, 0.25) is 5.91 Å². The van der Waals surface area contributed by atoms with Crippen molar-refractivity contribution >= 4 is 28.7 Å². The standard InChI is InChI=1S/C18H19ClN4O/c1-2-4-12-9-17(24)22(10-12)11-14-18(13-5-3-6-13)20-16-8-7-15(19)21-23(14)16/h3,5-8,12H,2,4,9-11H2,1H3. The lowest BCUT2D eigenvalue weighted by molar-refractivity contribution is -0.128. The van der Waals surface area contributed by atoms with E-state index in [0.717, 1.165) is 42.0 Å². The summed E-state index contributed by atoms with van der Waals surface area (Å²) in [5.74, 6) is 0.680. The highest BCUT2D eigenvalue weighted by Crippen LogP contribution is 2.29. The first-order valence-electron chi connectivity index (χ1n) is 8.36. The zero-order valence-electron chi connectivity index (χ0n) is 13.6. The molecule has 5 nitrogen and oxygen atoms in total. The second kappa shape index (κ2) is 6.06. The lowest BCUT2D eigenvalue weighted by Gasteiger charge is -2.18. The number of halogens is 1. The minimum atomic E-state index is 0.217. The number of carbonyl (C=O) groups excluding carboxylic acids is 1. The number of likely N-dealkylation sites (tertiary alicyclic amines) is 1. The van der Waals surface area contributed by atoms with Gasteiger partial charge in [-0.1, -0.05) is 43.2 Å². The van der Waals surface area contributed by atoms with Gasteiger partial charge in [0, 0.05) is 18.5 Å². The quantitative estimate of drug-likeness (QED) is 0.835. The fourth-order valence-corrected chi connectivity index (χ4v) is 3.61. The van der Waals surface area contributed by atoms with Crippen molar-refractivity contribution in [3.05, 3.63) is 46.9 Å². The molecule has 1 fully saturated rings. The number of hydrogen-bond donors (Lipinski definition) is 0. The van der Waals surface area contributed by atoms with Gasteiger partial charge in [-0.15, -0.1) is 0 Å². The summed E-state index contributed by atoms with van der Waals surface area (Å²) < 4.78 is 1.77. The molecule has 1 atom stereocenters. The molecule has 4 rings (SSSR count). The Hall–Kier alpha value is -2.14. The van der Waals surface area contributed by atoms with Crippen LogP contribution >= 0.6 is 11.6 Å². The zero-order chi connectivity index (χ0) is 16.7. The summed E-state index contributed by atoms with van der Waals surface area (Å²) >= 11 is 6.07. The van der Waals surface area contributed by atoms with E-state index < -0.39 is 0 Å². The third-order valence-electron chi connectivity index (χ3n) is 4.69. The molecule has 3 heterocycles. The van der Waals surface area contributed by atoms with Gasteiger partial charge in [-0.2, -0.15) is 5.10 Å². The third-order valence-corrected chi connectivity index (χ3v) is 4.90. The van der Waals surface area contributed by atoms with E-state index in [1.165, 1.54) is 0 Å². The van der Waals surface area contributed by atoms with Gasteiger partial charge < -0.3 is 4.90 Å². The van der Waals surface area contributed by atoms with Crippen LogP contribution < -0.4 is 0 Å². The zero-order valence-corrected chi connectivity index (χ0v) is 14.3. The first-order chi connectivity index (χ1) is 11.7. The Kier molecular flexibility index (Phi) is 3.88. The number of rotatable bonds is 5. The van der Waals surface area contributed by atoms with E-state index in [1.54, 1.807) is 10.6 Å². The van der Waals surface area contributed by atoms with E-state index >= 15 is 0 Å². The number of amides is 1. The van der Waals surface area contributed by atoms with Crippen LogP contribution in [0.2, 0.25) is 5.15 Å². The maximum Gasteiger partial charge on any atom is 0.223 e. The van der Waals surface area contributed by atoms with Crippen molar-refractivity contribution in [1.29, 1.82) is 0 Å². The van der Waals surface area contributed by atoms with Crippen LogP contribution in [0, 0.1) is 5.92 Å². The van der Waals surface area contributed by atoms with Crippen molar-refractivity contribution in [3.8, 4) is 0 Å². The van der Waals surface area contributed by atoms with Gasteiger partial charge >= 0.3 is 0 Å². The van der Waals surface area contributed by atoms with E-state index in [9.17, 15) is 4.79 Å². The number of fused-ring (bicyclic) bond motifs is 1. The normalized spacial score (nSPS) is 19.9. The van der Waals surface area contributed by atoms with Crippen LogP contribution in [0.5, 0.6) is 0 Å². The molecule has 24 heavy (non-hydrogen) atoms. The summed E-state index contributed by atoms with van der Waals surface area (Å²) in [5, 5.41) is 4.81. The molecule has 1 aliphatic carbocycles. The highest BCUT2D eigenvalue weighted by molar-refractivity contribution is 6.29. The molecule has 124 valence electrons. The summed E-state index contributed by atoms with van der Waals surface area (Å²) in [5.41, 5.74) is 3.64. The predicted octanol–water partition coefficient (Wildman–Crippen LogP) is 3.48.